The molecule has 27 heavy (non-hydrogen) atoms. The number of benzene rings is 2. The summed E-state index contributed by atoms with van der Waals surface area (Å²) in [6, 6.07) is 14.3. The van der Waals surface area contributed by atoms with Crippen LogP contribution in [0.3, 0.4) is 0 Å². The number of amides is 1. The van der Waals surface area contributed by atoms with Gasteiger partial charge in [-0.3, -0.25) is 4.79 Å². The van der Waals surface area contributed by atoms with Gasteiger partial charge in [-0.1, -0.05) is 30.3 Å². The van der Waals surface area contributed by atoms with Gasteiger partial charge in [0, 0.05) is 5.56 Å². The average Bonchev–Trinajstić information content (AvgIpc) is 3.21. The Morgan fingerprint density at radius 3 is 2.63 bits per heavy atom. The number of hydrogen-bond donors (Lipinski definition) is 1. The lowest BCUT2D eigenvalue weighted by Crippen LogP contribution is -2.26. The van der Waals surface area contributed by atoms with Gasteiger partial charge in [0.15, 0.2) is 0 Å². The fourth-order valence-corrected chi connectivity index (χ4v) is 3.65. The summed E-state index contributed by atoms with van der Waals surface area (Å²) in [4.78, 5) is 16.5. The second kappa shape index (κ2) is 7.74. The van der Waals surface area contributed by atoms with E-state index in [0.29, 0.717) is 12.1 Å². The molecule has 5 heteroatoms. The van der Waals surface area contributed by atoms with Gasteiger partial charge in [0.25, 0.3) is 5.91 Å². The minimum atomic E-state index is -0.0486. The third kappa shape index (κ3) is 4.08. The molecule has 0 saturated carbocycles. The minimum absolute atomic E-state index is 0.0143. The van der Waals surface area contributed by atoms with Crippen LogP contribution < -0.4 is 5.32 Å². The number of carbonyl (C=O) groups is 1. The Kier molecular flexibility index (Phi) is 5.01. The number of fused-ring (bicyclic) bond motifs is 1. The molecule has 138 valence electrons. The highest BCUT2D eigenvalue weighted by Gasteiger charge is 2.15. The van der Waals surface area contributed by atoms with Gasteiger partial charge >= 0.3 is 0 Å². The number of aryl methyl sites for hydroxylation is 2. The maximum absolute atomic E-state index is 12.6. The molecule has 0 bridgehead atoms. The Bertz CT molecular complexity index is 916. The molecule has 1 aliphatic carbocycles. The molecule has 1 aromatic heterocycles. The predicted octanol–water partition coefficient (Wildman–Crippen LogP) is 3.70. The van der Waals surface area contributed by atoms with E-state index in [1.165, 1.54) is 42.3 Å². The summed E-state index contributed by atoms with van der Waals surface area (Å²) in [5.74, 6) is -0.0486. The van der Waals surface area contributed by atoms with Crippen LogP contribution >= 0.6 is 0 Å². The number of aromatic nitrogens is 3. The normalized spacial score (nSPS) is 14.4. The highest BCUT2D eigenvalue weighted by atomic mass is 16.1. The number of carbonyl (C=O) groups excluding carboxylic acids is 1. The molecule has 1 heterocycles. The zero-order valence-corrected chi connectivity index (χ0v) is 15.6. The van der Waals surface area contributed by atoms with E-state index in [1.54, 1.807) is 11.0 Å². The monoisotopic (exact) mass is 360 g/mol. The molecular formula is C22H24N4O. The quantitative estimate of drug-likeness (QED) is 0.755. The van der Waals surface area contributed by atoms with Crippen molar-refractivity contribution in [2.24, 2.45) is 0 Å². The molecule has 0 unspecified atom stereocenters. The van der Waals surface area contributed by atoms with Gasteiger partial charge in [0.2, 0.25) is 0 Å². The Morgan fingerprint density at radius 1 is 1.11 bits per heavy atom. The maximum atomic E-state index is 12.6. The SMILES string of the molecule is C[C@H](NC(=O)c1ccc(Cn2cncn2)cc1)c1ccc2c(c1)CCCC2. The third-order valence-corrected chi connectivity index (χ3v) is 5.25. The minimum Gasteiger partial charge on any atom is -0.346 e. The highest BCUT2D eigenvalue weighted by Crippen LogP contribution is 2.25. The van der Waals surface area contributed by atoms with Crippen molar-refractivity contribution in [2.75, 3.05) is 0 Å². The molecule has 0 spiro atoms. The van der Waals surface area contributed by atoms with E-state index in [9.17, 15) is 4.79 Å². The lowest BCUT2D eigenvalue weighted by molar-refractivity contribution is 0.0940. The van der Waals surface area contributed by atoms with Crippen LogP contribution in [0.2, 0.25) is 0 Å². The molecule has 1 amide bonds. The summed E-state index contributed by atoms with van der Waals surface area (Å²) < 4.78 is 1.76. The van der Waals surface area contributed by atoms with Crippen molar-refractivity contribution in [3.8, 4) is 0 Å². The second-order valence-corrected chi connectivity index (χ2v) is 7.22. The van der Waals surface area contributed by atoms with E-state index in [2.05, 4.69) is 33.6 Å². The van der Waals surface area contributed by atoms with E-state index in [0.717, 1.165) is 12.0 Å². The summed E-state index contributed by atoms with van der Waals surface area (Å²) in [5, 5.41) is 7.22. The van der Waals surface area contributed by atoms with Crippen molar-refractivity contribution in [1.29, 1.82) is 0 Å². The van der Waals surface area contributed by atoms with Crippen LogP contribution in [0.1, 0.15) is 58.4 Å². The number of nitrogens with one attached hydrogen (secondary N) is 1. The summed E-state index contributed by atoms with van der Waals surface area (Å²) in [6.07, 6.45) is 8.07. The summed E-state index contributed by atoms with van der Waals surface area (Å²) in [6.45, 7) is 2.69. The van der Waals surface area contributed by atoms with E-state index >= 15 is 0 Å². The molecule has 2 aromatic carbocycles. The number of nitrogens with zero attached hydrogens (tertiary/aromatic N) is 3. The van der Waals surface area contributed by atoms with Gasteiger partial charge in [-0.15, -0.1) is 0 Å². The molecule has 0 fully saturated rings. The number of rotatable bonds is 5. The first-order chi connectivity index (χ1) is 13.2. The van der Waals surface area contributed by atoms with Gasteiger partial charge in [0.1, 0.15) is 12.7 Å². The Balaban J connectivity index is 1.41. The Hall–Kier alpha value is -2.95. The molecule has 0 saturated heterocycles. The van der Waals surface area contributed by atoms with Crippen LogP contribution in [0.4, 0.5) is 0 Å². The summed E-state index contributed by atoms with van der Waals surface area (Å²) in [7, 11) is 0. The van der Waals surface area contributed by atoms with Crippen molar-refractivity contribution in [1.82, 2.24) is 20.1 Å². The first-order valence-corrected chi connectivity index (χ1v) is 9.53. The molecule has 5 nitrogen and oxygen atoms in total. The first-order valence-electron chi connectivity index (χ1n) is 9.53. The molecule has 1 N–H and O–H groups in total. The number of hydrogen-bond acceptors (Lipinski definition) is 3. The van der Waals surface area contributed by atoms with Gasteiger partial charge in [-0.2, -0.15) is 5.10 Å². The van der Waals surface area contributed by atoms with Crippen LogP contribution in [0.25, 0.3) is 0 Å². The predicted molar refractivity (Wildman–Crippen MR) is 105 cm³/mol. The van der Waals surface area contributed by atoms with Crippen molar-refractivity contribution >= 4 is 5.91 Å². The molecule has 0 aliphatic heterocycles. The topological polar surface area (TPSA) is 59.8 Å². The van der Waals surface area contributed by atoms with E-state index in [-0.39, 0.29) is 11.9 Å². The van der Waals surface area contributed by atoms with Gasteiger partial charge in [0.05, 0.1) is 12.6 Å². The van der Waals surface area contributed by atoms with Crippen LogP contribution in [0.5, 0.6) is 0 Å². The molecule has 3 aromatic rings. The average molecular weight is 360 g/mol. The summed E-state index contributed by atoms with van der Waals surface area (Å²) >= 11 is 0. The maximum Gasteiger partial charge on any atom is 0.251 e. The lowest BCUT2D eigenvalue weighted by atomic mass is 9.89. The van der Waals surface area contributed by atoms with Crippen LogP contribution in [0.15, 0.2) is 55.1 Å². The fraction of sp³-hybridized carbons (Fsp3) is 0.318. The molecule has 1 atom stereocenters. The highest BCUT2D eigenvalue weighted by molar-refractivity contribution is 5.94. The Morgan fingerprint density at radius 2 is 1.89 bits per heavy atom. The molecular weight excluding hydrogens is 336 g/mol. The zero-order valence-electron chi connectivity index (χ0n) is 15.6. The van der Waals surface area contributed by atoms with Gasteiger partial charge in [-0.05, 0) is 67.0 Å². The van der Waals surface area contributed by atoms with E-state index in [1.807, 2.05) is 31.2 Å². The standard InChI is InChI=1S/C22H24N4O/c1-16(20-11-10-18-4-2-3-5-21(18)12-20)25-22(27)19-8-6-17(7-9-19)13-26-15-23-14-24-26/h6-12,14-16H,2-5,13H2,1H3,(H,25,27)/t16-/m0/s1. The molecule has 1 aliphatic rings. The van der Waals surface area contributed by atoms with Crippen LogP contribution in [0, 0.1) is 0 Å². The van der Waals surface area contributed by atoms with Crippen LogP contribution in [-0.2, 0) is 19.4 Å². The van der Waals surface area contributed by atoms with Crippen molar-refractivity contribution < 1.29 is 4.79 Å². The molecule has 4 rings (SSSR count). The van der Waals surface area contributed by atoms with Crippen molar-refractivity contribution in [3.05, 3.63) is 82.9 Å². The van der Waals surface area contributed by atoms with Gasteiger partial charge in [-0.25, -0.2) is 9.67 Å². The van der Waals surface area contributed by atoms with Crippen LogP contribution in [-0.4, -0.2) is 20.7 Å². The molecule has 0 radical (unpaired) electrons. The third-order valence-electron chi connectivity index (χ3n) is 5.25. The van der Waals surface area contributed by atoms with Crippen molar-refractivity contribution in [3.63, 3.8) is 0 Å². The van der Waals surface area contributed by atoms with E-state index in [4.69, 9.17) is 0 Å². The smallest absolute Gasteiger partial charge is 0.251 e. The second-order valence-electron chi connectivity index (χ2n) is 7.22. The van der Waals surface area contributed by atoms with Gasteiger partial charge < -0.3 is 5.32 Å². The van der Waals surface area contributed by atoms with Crippen molar-refractivity contribution in [2.45, 2.75) is 45.2 Å². The largest absolute Gasteiger partial charge is 0.346 e. The zero-order chi connectivity index (χ0) is 18.6. The lowest BCUT2D eigenvalue weighted by Gasteiger charge is -2.20. The summed E-state index contributed by atoms with van der Waals surface area (Å²) in [5.41, 5.74) is 5.83. The fourth-order valence-electron chi connectivity index (χ4n) is 3.65. The Labute approximate surface area is 159 Å². The first kappa shape index (κ1) is 17.5. The van der Waals surface area contributed by atoms with E-state index < -0.39 is 0 Å².